The number of rotatable bonds is 6. The SMILES string of the molecule is CC1(C)CC(=O)C2=C(C1)OC1=C(C(=O)CC(C)(C)C1)C2c1ccc(OCC(O)CN2C(=O)c3ccccc3S2(=O)=O)cc1. The van der Waals surface area contributed by atoms with Crippen molar-refractivity contribution < 1.29 is 37.4 Å². The number of β-amino-alcohol motifs (C(OH)–C–C–N with tert-alkyl or cyclic N) is 1. The number of hydrogen-bond donors (Lipinski definition) is 1. The molecule has 0 radical (unpaired) electrons. The molecule has 43 heavy (non-hydrogen) atoms. The highest BCUT2D eigenvalue weighted by Gasteiger charge is 2.48. The smallest absolute Gasteiger partial charge is 0.269 e. The molecule has 4 aliphatic rings. The van der Waals surface area contributed by atoms with Gasteiger partial charge < -0.3 is 14.6 Å². The van der Waals surface area contributed by atoms with Gasteiger partial charge in [-0.15, -0.1) is 0 Å². The van der Waals surface area contributed by atoms with Crippen LogP contribution in [0.4, 0.5) is 0 Å². The van der Waals surface area contributed by atoms with Crippen molar-refractivity contribution in [2.24, 2.45) is 10.8 Å². The van der Waals surface area contributed by atoms with Crippen molar-refractivity contribution in [3.8, 4) is 5.75 Å². The topological polar surface area (TPSA) is 127 Å². The molecule has 1 unspecified atom stereocenters. The average molecular weight is 606 g/mol. The van der Waals surface area contributed by atoms with Crippen LogP contribution in [0.15, 0.2) is 76.1 Å². The fourth-order valence-corrected chi connectivity index (χ4v) is 8.22. The molecule has 9 nitrogen and oxygen atoms in total. The molecule has 0 fully saturated rings. The van der Waals surface area contributed by atoms with Crippen molar-refractivity contribution in [1.29, 1.82) is 0 Å². The fraction of sp³-hybridized carbons (Fsp3) is 0.424. The highest BCUT2D eigenvalue weighted by atomic mass is 32.2. The Bertz CT molecular complexity index is 1660. The fourth-order valence-electron chi connectivity index (χ4n) is 6.61. The highest BCUT2D eigenvalue weighted by molar-refractivity contribution is 7.90. The number of nitrogens with zero attached hydrogens (tertiary/aromatic N) is 1. The number of aliphatic hydroxyl groups excluding tert-OH is 1. The Morgan fingerprint density at radius 2 is 1.44 bits per heavy atom. The molecule has 2 aliphatic carbocycles. The summed E-state index contributed by atoms with van der Waals surface area (Å²) in [6.07, 6.45) is 0.681. The maximum atomic E-state index is 13.5. The van der Waals surface area contributed by atoms with Gasteiger partial charge in [0.15, 0.2) is 11.6 Å². The van der Waals surface area contributed by atoms with E-state index in [-0.39, 0.29) is 39.5 Å². The molecule has 0 aromatic heterocycles. The molecule has 1 N–H and O–H groups in total. The Hall–Kier alpha value is -3.76. The van der Waals surface area contributed by atoms with Gasteiger partial charge in [-0.2, -0.15) is 0 Å². The number of carbonyl (C=O) groups excluding carboxylic acids is 3. The largest absolute Gasteiger partial charge is 0.491 e. The molecule has 0 saturated heterocycles. The molecule has 1 atom stereocenters. The molecular weight excluding hydrogens is 570 g/mol. The van der Waals surface area contributed by atoms with Crippen molar-refractivity contribution in [1.82, 2.24) is 4.31 Å². The first kappa shape index (κ1) is 29.3. The molecule has 2 aromatic rings. The van der Waals surface area contributed by atoms with E-state index < -0.39 is 34.5 Å². The second-order valence-corrected chi connectivity index (χ2v) is 15.3. The maximum absolute atomic E-state index is 13.5. The first-order valence-electron chi connectivity index (χ1n) is 14.4. The minimum atomic E-state index is -4.04. The number of ether oxygens (including phenoxy) is 2. The summed E-state index contributed by atoms with van der Waals surface area (Å²) < 4.78 is 38.4. The molecule has 2 heterocycles. The number of benzene rings is 2. The van der Waals surface area contributed by atoms with Gasteiger partial charge in [0.05, 0.1) is 12.1 Å². The Morgan fingerprint density at radius 3 is 2.00 bits per heavy atom. The summed E-state index contributed by atoms with van der Waals surface area (Å²) in [5.74, 6) is 0.456. The highest BCUT2D eigenvalue weighted by Crippen LogP contribution is 2.53. The zero-order valence-electron chi connectivity index (χ0n) is 24.7. The van der Waals surface area contributed by atoms with Gasteiger partial charge in [0.25, 0.3) is 15.9 Å². The summed E-state index contributed by atoms with van der Waals surface area (Å²) in [4.78, 5) is 39.5. The normalized spacial score (nSPS) is 23.0. The lowest BCUT2D eigenvalue weighted by atomic mass is 9.65. The first-order chi connectivity index (χ1) is 20.2. The van der Waals surface area contributed by atoms with Gasteiger partial charge in [0.2, 0.25) is 0 Å². The van der Waals surface area contributed by atoms with Crippen molar-refractivity contribution in [2.75, 3.05) is 13.2 Å². The molecule has 226 valence electrons. The first-order valence-corrected chi connectivity index (χ1v) is 15.9. The standard InChI is InChI=1S/C33H35NO8S/c1-32(2)13-23(36)29-25(15-32)42-26-16-33(3,4)14-24(37)30(26)28(29)19-9-11-21(12-10-19)41-18-20(35)17-34-31(38)22-7-5-6-8-27(22)43(34,39)40/h5-12,20,28,35H,13-18H2,1-4H3. The zero-order chi connectivity index (χ0) is 30.9. The zero-order valence-corrected chi connectivity index (χ0v) is 25.5. The number of Topliss-reactive ketones (excluding diaryl/α,β-unsaturated/α-hetero) is 2. The second-order valence-electron chi connectivity index (χ2n) is 13.5. The van der Waals surface area contributed by atoms with Crippen molar-refractivity contribution in [2.45, 2.75) is 70.3 Å². The lowest BCUT2D eigenvalue weighted by molar-refractivity contribution is -0.120. The summed E-state index contributed by atoms with van der Waals surface area (Å²) in [6, 6.07) is 12.9. The minimum absolute atomic E-state index is 0.0163. The number of fused-ring (bicyclic) bond motifs is 1. The van der Waals surface area contributed by atoms with Crippen LogP contribution in [-0.4, -0.2) is 54.6 Å². The van der Waals surface area contributed by atoms with Crippen LogP contribution in [0.2, 0.25) is 0 Å². The lowest BCUT2D eigenvalue weighted by Crippen LogP contribution is -2.39. The molecule has 2 aliphatic heterocycles. The number of ketones is 2. The van der Waals surface area contributed by atoms with Crippen LogP contribution >= 0.6 is 0 Å². The number of allylic oxidation sites excluding steroid dienone is 4. The van der Waals surface area contributed by atoms with Gasteiger partial charge >= 0.3 is 0 Å². The Balaban J connectivity index is 1.21. The summed E-state index contributed by atoms with van der Waals surface area (Å²) >= 11 is 0. The summed E-state index contributed by atoms with van der Waals surface area (Å²) in [6.45, 7) is 7.48. The Morgan fingerprint density at radius 1 is 0.884 bits per heavy atom. The van der Waals surface area contributed by atoms with Crippen LogP contribution in [0.25, 0.3) is 0 Å². The van der Waals surface area contributed by atoms with E-state index in [1.54, 1.807) is 36.4 Å². The van der Waals surface area contributed by atoms with Crippen LogP contribution in [0.3, 0.4) is 0 Å². The quantitative estimate of drug-likeness (QED) is 0.503. The van der Waals surface area contributed by atoms with Gasteiger partial charge in [0.1, 0.15) is 34.9 Å². The minimum Gasteiger partial charge on any atom is -0.491 e. The summed E-state index contributed by atoms with van der Waals surface area (Å²) in [7, 11) is -4.04. The summed E-state index contributed by atoms with van der Waals surface area (Å²) in [5.41, 5.74) is 1.46. The maximum Gasteiger partial charge on any atom is 0.269 e. The van der Waals surface area contributed by atoms with Crippen molar-refractivity contribution >= 4 is 27.5 Å². The molecule has 2 aromatic carbocycles. The number of amides is 1. The molecular formula is C33H35NO8S. The number of hydrogen-bond acceptors (Lipinski definition) is 8. The molecule has 0 bridgehead atoms. The third-order valence-electron chi connectivity index (χ3n) is 8.53. The monoisotopic (exact) mass is 605 g/mol. The van der Waals surface area contributed by atoms with Crippen LogP contribution in [0, 0.1) is 10.8 Å². The predicted octanol–water partition coefficient (Wildman–Crippen LogP) is 4.67. The van der Waals surface area contributed by atoms with Crippen LogP contribution in [0.5, 0.6) is 5.75 Å². The van der Waals surface area contributed by atoms with Gasteiger partial charge in [-0.25, -0.2) is 12.7 Å². The van der Waals surface area contributed by atoms with Crippen molar-refractivity contribution in [3.63, 3.8) is 0 Å². The van der Waals surface area contributed by atoms with E-state index >= 15 is 0 Å². The van der Waals surface area contributed by atoms with Crippen LogP contribution < -0.4 is 4.74 Å². The summed E-state index contributed by atoms with van der Waals surface area (Å²) in [5, 5.41) is 10.6. The second kappa shape index (κ2) is 10.2. The third-order valence-corrected chi connectivity index (χ3v) is 10.3. The molecule has 1 amide bonds. The molecule has 0 saturated carbocycles. The van der Waals surface area contributed by atoms with E-state index in [2.05, 4.69) is 0 Å². The molecule has 0 spiro atoms. The predicted molar refractivity (Wildman–Crippen MR) is 157 cm³/mol. The van der Waals surface area contributed by atoms with Crippen LogP contribution in [-0.2, 0) is 24.3 Å². The van der Waals surface area contributed by atoms with E-state index in [0.29, 0.717) is 58.4 Å². The third kappa shape index (κ3) is 5.20. The van der Waals surface area contributed by atoms with Crippen LogP contribution in [0.1, 0.15) is 75.2 Å². The van der Waals surface area contributed by atoms with E-state index in [1.165, 1.54) is 12.1 Å². The molecule has 10 heteroatoms. The van der Waals surface area contributed by atoms with Gasteiger partial charge in [-0.05, 0) is 40.7 Å². The van der Waals surface area contributed by atoms with Gasteiger partial charge in [0, 0.05) is 42.7 Å². The average Bonchev–Trinajstić information content (AvgIpc) is 3.10. The Kier molecular flexibility index (Phi) is 6.93. The van der Waals surface area contributed by atoms with E-state index in [9.17, 15) is 27.9 Å². The number of aliphatic hydroxyl groups is 1. The van der Waals surface area contributed by atoms with Crippen molar-refractivity contribution in [3.05, 3.63) is 82.3 Å². The number of carbonyl (C=O) groups is 3. The van der Waals surface area contributed by atoms with Gasteiger partial charge in [-0.3, -0.25) is 14.4 Å². The molecule has 6 rings (SSSR count). The number of sulfonamides is 1. The van der Waals surface area contributed by atoms with Gasteiger partial charge in [-0.1, -0.05) is 52.0 Å². The van der Waals surface area contributed by atoms with E-state index in [0.717, 1.165) is 5.56 Å². The Labute approximate surface area is 251 Å². The van der Waals surface area contributed by atoms with E-state index in [4.69, 9.17) is 9.47 Å². The van der Waals surface area contributed by atoms with E-state index in [1.807, 2.05) is 27.7 Å². The lowest BCUT2D eigenvalue weighted by Gasteiger charge is -2.42.